The van der Waals surface area contributed by atoms with E-state index in [1.54, 1.807) is 36.4 Å². The van der Waals surface area contributed by atoms with Crippen LogP contribution in [-0.4, -0.2) is 29.7 Å². The highest BCUT2D eigenvalue weighted by molar-refractivity contribution is 9.10. The molecule has 4 rings (SSSR count). The molecule has 0 atom stereocenters. The fourth-order valence-electron chi connectivity index (χ4n) is 3.87. The van der Waals surface area contributed by atoms with Crippen LogP contribution < -0.4 is 15.5 Å². The number of ether oxygens (including phenoxy) is 1. The number of hydrogen-bond acceptors (Lipinski definition) is 5. The highest BCUT2D eigenvalue weighted by Gasteiger charge is 2.22. The van der Waals surface area contributed by atoms with Crippen LogP contribution in [0.25, 0.3) is 0 Å². The number of nitrogens with one attached hydrogen (secondary N) is 2. The molecule has 4 aromatic carbocycles. The van der Waals surface area contributed by atoms with E-state index >= 15 is 0 Å². The van der Waals surface area contributed by atoms with Crippen LogP contribution in [0.4, 0.5) is 5.69 Å². The lowest BCUT2D eigenvalue weighted by Crippen LogP contribution is -2.22. The summed E-state index contributed by atoms with van der Waals surface area (Å²) in [5.74, 6) is -0.741. The van der Waals surface area contributed by atoms with Gasteiger partial charge in [0.05, 0.1) is 23.2 Å². The molecular weight excluding hydrogens is 546 g/mol. The predicted octanol–water partition coefficient (Wildman–Crippen LogP) is 6.09. The summed E-state index contributed by atoms with van der Waals surface area (Å²) < 4.78 is 5.85. The second kappa shape index (κ2) is 12.7. The third-order valence-corrected chi connectivity index (χ3v) is 6.28. The Hall–Kier alpha value is -4.43. The average molecular weight is 572 g/mol. The van der Waals surface area contributed by atoms with E-state index in [0.717, 1.165) is 11.1 Å². The van der Waals surface area contributed by atoms with E-state index in [1.807, 2.05) is 67.6 Å². The molecule has 4 aromatic rings. The molecule has 8 heteroatoms. The van der Waals surface area contributed by atoms with Crippen molar-refractivity contribution in [3.05, 3.63) is 124 Å². The van der Waals surface area contributed by atoms with Gasteiger partial charge in [-0.3, -0.25) is 9.59 Å². The van der Waals surface area contributed by atoms with Crippen molar-refractivity contribution in [3.8, 4) is 11.5 Å². The van der Waals surface area contributed by atoms with Crippen LogP contribution in [0, 0.1) is 0 Å². The van der Waals surface area contributed by atoms with E-state index in [2.05, 4.69) is 31.8 Å². The Morgan fingerprint density at radius 3 is 2.13 bits per heavy atom. The quantitative estimate of drug-likeness (QED) is 0.167. The van der Waals surface area contributed by atoms with E-state index in [1.165, 1.54) is 6.21 Å². The molecule has 0 unspecified atom stereocenters. The standard InChI is InChI=1S/C30H26BrN3O4/c1-2-38-26-18-20(17-25(31)28(26)35)19-32-34-29(36)23-13-15-24(16-14-23)33-30(37)27(21-9-5-3-6-10-21)22-11-7-4-8-12-22/h3-19,27,35H,2H2,1H3,(H,33,37)(H,34,36)/b32-19+. The Bertz CT molecular complexity index is 1390. The Morgan fingerprint density at radius 1 is 0.947 bits per heavy atom. The van der Waals surface area contributed by atoms with Gasteiger partial charge in [-0.05, 0) is 75.9 Å². The third kappa shape index (κ3) is 6.66. The van der Waals surface area contributed by atoms with Crippen molar-refractivity contribution >= 4 is 39.6 Å². The number of nitrogens with zero attached hydrogens (tertiary/aromatic N) is 1. The summed E-state index contributed by atoms with van der Waals surface area (Å²) in [7, 11) is 0. The van der Waals surface area contributed by atoms with Crippen LogP contribution in [0.15, 0.2) is 107 Å². The molecule has 0 bridgehead atoms. The zero-order valence-corrected chi connectivity index (χ0v) is 22.2. The maximum absolute atomic E-state index is 13.3. The molecule has 0 saturated heterocycles. The number of anilines is 1. The molecule has 0 spiro atoms. The number of amides is 2. The van der Waals surface area contributed by atoms with Gasteiger partial charge in [0.25, 0.3) is 5.91 Å². The van der Waals surface area contributed by atoms with E-state index in [9.17, 15) is 14.7 Å². The van der Waals surface area contributed by atoms with Gasteiger partial charge in [-0.1, -0.05) is 60.7 Å². The lowest BCUT2D eigenvalue weighted by Gasteiger charge is -2.18. The van der Waals surface area contributed by atoms with Gasteiger partial charge in [-0.15, -0.1) is 0 Å². The van der Waals surface area contributed by atoms with Crippen LogP contribution in [-0.2, 0) is 4.79 Å². The summed E-state index contributed by atoms with van der Waals surface area (Å²) in [4.78, 5) is 25.8. The van der Waals surface area contributed by atoms with Crippen molar-refractivity contribution in [2.45, 2.75) is 12.8 Å². The Morgan fingerprint density at radius 2 is 1.55 bits per heavy atom. The molecule has 2 amide bonds. The minimum absolute atomic E-state index is 0.000857. The van der Waals surface area contributed by atoms with Gasteiger partial charge in [0.2, 0.25) is 5.91 Å². The number of carbonyl (C=O) groups is 2. The first-order valence-corrected chi connectivity index (χ1v) is 12.7. The number of halogens is 1. The van der Waals surface area contributed by atoms with Crippen LogP contribution >= 0.6 is 15.9 Å². The van der Waals surface area contributed by atoms with Crippen molar-refractivity contribution in [1.29, 1.82) is 0 Å². The third-order valence-electron chi connectivity index (χ3n) is 5.67. The molecule has 192 valence electrons. The molecule has 0 aliphatic heterocycles. The Balaban J connectivity index is 1.41. The summed E-state index contributed by atoms with van der Waals surface area (Å²) in [6.07, 6.45) is 1.45. The van der Waals surface area contributed by atoms with Crippen molar-refractivity contribution in [1.82, 2.24) is 5.43 Å². The Labute approximate surface area is 229 Å². The number of phenolic OH excluding ortho intramolecular Hbond substituents is 1. The number of rotatable bonds is 9. The smallest absolute Gasteiger partial charge is 0.271 e. The second-order valence-electron chi connectivity index (χ2n) is 8.30. The van der Waals surface area contributed by atoms with Gasteiger partial charge in [0, 0.05) is 11.3 Å². The molecule has 7 nitrogen and oxygen atoms in total. The molecule has 0 heterocycles. The summed E-state index contributed by atoms with van der Waals surface area (Å²) in [5.41, 5.74) is 5.84. The Kier molecular flexibility index (Phi) is 8.89. The monoisotopic (exact) mass is 571 g/mol. The van der Waals surface area contributed by atoms with E-state index in [4.69, 9.17) is 4.74 Å². The lowest BCUT2D eigenvalue weighted by atomic mass is 9.90. The minimum atomic E-state index is -0.474. The number of hydrazone groups is 1. The van der Waals surface area contributed by atoms with E-state index < -0.39 is 11.8 Å². The second-order valence-corrected chi connectivity index (χ2v) is 9.16. The van der Waals surface area contributed by atoms with Gasteiger partial charge in [-0.2, -0.15) is 5.10 Å². The van der Waals surface area contributed by atoms with Crippen LogP contribution in [0.2, 0.25) is 0 Å². The molecular formula is C30H26BrN3O4. The average Bonchev–Trinajstić information content (AvgIpc) is 2.93. The number of carbonyl (C=O) groups excluding carboxylic acids is 2. The number of hydrogen-bond donors (Lipinski definition) is 3. The number of benzene rings is 4. The normalized spacial score (nSPS) is 10.9. The molecule has 3 N–H and O–H groups in total. The van der Waals surface area contributed by atoms with Crippen LogP contribution in [0.5, 0.6) is 11.5 Å². The van der Waals surface area contributed by atoms with E-state index in [0.29, 0.717) is 33.6 Å². The fraction of sp³-hybridized carbons (Fsp3) is 0.100. The maximum atomic E-state index is 13.3. The molecule has 0 radical (unpaired) electrons. The zero-order chi connectivity index (χ0) is 26.9. The highest BCUT2D eigenvalue weighted by Crippen LogP contribution is 2.35. The van der Waals surface area contributed by atoms with Gasteiger partial charge in [-0.25, -0.2) is 5.43 Å². The topological polar surface area (TPSA) is 100 Å². The predicted molar refractivity (Wildman–Crippen MR) is 152 cm³/mol. The van der Waals surface area contributed by atoms with Crippen molar-refractivity contribution in [3.63, 3.8) is 0 Å². The minimum Gasteiger partial charge on any atom is -0.503 e. The molecule has 0 fully saturated rings. The van der Waals surface area contributed by atoms with Crippen molar-refractivity contribution in [2.75, 3.05) is 11.9 Å². The van der Waals surface area contributed by atoms with Crippen molar-refractivity contribution in [2.24, 2.45) is 5.10 Å². The lowest BCUT2D eigenvalue weighted by molar-refractivity contribution is -0.116. The van der Waals surface area contributed by atoms with Gasteiger partial charge in [0.1, 0.15) is 0 Å². The summed E-state index contributed by atoms with van der Waals surface area (Å²) >= 11 is 3.27. The SMILES string of the molecule is CCOc1cc(/C=N/NC(=O)c2ccc(NC(=O)C(c3ccccc3)c3ccccc3)cc2)cc(Br)c1O. The zero-order valence-electron chi connectivity index (χ0n) is 20.6. The maximum Gasteiger partial charge on any atom is 0.271 e. The van der Waals surface area contributed by atoms with Gasteiger partial charge in [0.15, 0.2) is 11.5 Å². The molecule has 0 aliphatic rings. The summed E-state index contributed by atoms with van der Waals surface area (Å²) in [6, 6.07) is 29.0. The molecule has 38 heavy (non-hydrogen) atoms. The van der Waals surface area contributed by atoms with E-state index in [-0.39, 0.29) is 11.7 Å². The largest absolute Gasteiger partial charge is 0.503 e. The number of phenols is 1. The molecule has 0 saturated carbocycles. The first-order valence-electron chi connectivity index (χ1n) is 12.0. The summed E-state index contributed by atoms with van der Waals surface area (Å²) in [6.45, 7) is 2.21. The molecule has 0 aromatic heterocycles. The van der Waals surface area contributed by atoms with Crippen LogP contribution in [0.1, 0.15) is 39.9 Å². The van der Waals surface area contributed by atoms with Crippen molar-refractivity contribution < 1.29 is 19.4 Å². The highest BCUT2D eigenvalue weighted by atomic mass is 79.9. The van der Waals surface area contributed by atoms with Gasteiger partial charge >= 0.3 is 0 Å². The first kappa shape index (κ1) is 26.6. The van der Waals surface area contributed by atoms with Gasteiger partial charge < -0.3 is 15.2 Å². The van der Waals surface area contributed by atoms with Crippen LogP contribution in [0.3, 0.4) is 0 Å². The number of aromatic hydroxyl groups is 1. The first-order chi connectivity index (χ1) is 18.5. The summed E-state index contributed by atoms with van der Waals surface area (Å²) in [5, 5.41) is 17.0. The molecule has 0 aliphatic carbocycles. The fourth-order valence-corrected chi connectivity index (χ4v) is 4.33.